The number of nitrogens with zero attached hydrogens (tertiary/aromatic N) is 4. The quantitative estimate of drug-likeness (QED) is 0.120. The first-order chi connectivity index (χ1) is 24.2. The number of alkyl carbamates (subject to hydrolysis) is 1. The molecule has 2 unspecified atom stereocenters. The molecule has 51 heavy (non-hydrogen) atoms. The molecule has 2 heterocycles. The van der Waals surface area contributed by atoms with Crippen molar-refractivity contribution in [3.05, 3.63) is 69.9 Å². The molecule has 1 saturated carbocycles. The average molecular weight is 743 g/mol. The molecule has 2 atom stereocenters. The van der Waals surface area contributed by atoms with Crippen LogP contribution in [0.3, 0.4) is 0 Å². The number of aliphatic carboxylic acids is 1. The van der Waals surface area contributed by atoms with Crippen molar-refractivity contribution in [3.8, 4) is 11.5 Å². The fraction of sp³-hybridized carbons (Fsp3) is 0.400. The fourth-order valence-electron chi connectivity index (χ4n) is 5.93. The number of aromatic nitrogens is 2. The number of rotatable bonds is 11. The zero-order chi connectivity index (χ0) is 36.9. The Morgan fingerprint density at radius 3 is 2.53 bits per heavy atom. The number of fused-ring (bicyclic) bond motifs is 1. The van der Waals surface area contributed by atoms with E-state index >= 15 is 0 Å². The normalized spacial score (nSPS) is 17.6. The first kappa shape index (κ1) is 37.3. The molecule has 0 saturated heterocycles. The third kappa shape index (κ3) is 9.24. The summed E-state index contributed by atoms with van der Waals surface area (Å²) in [6, 6.07) is 7.73. The Morgan fingerprint density at radius 1 is 1.12 bits per heavy atom. The molecule has 0 bridgehead atoms. The molecule has 14 nitrogen and oxygen atoms in total. The van der Waals surface area contributed by atoms with Crippen LogP contribution in [0.15, 0.2) is 48.7 Å². The highest BCUT2D eigenvalue weighted by Gasteiger charge is 2.37. The summed E-state index contributed by atoms with van der Waals surface area (Å²) in [6.45, 7) is 5.42. The Balaban J connectivity index is 1.50. The number of carboxylic acid groups (broad SMARTS) is 1. The maximum absolute atomic E-state index is 14.5. The van der Waals surface area contributed by atoms with Crippen molar-refractivity contribution in [2.75, 3.05) is 34.6 Å². The highest BCUT2D eigenvalue weighted by Crippen LogP contribution is 2.48. The van der Waals surface area contributed by atoms with Crippen LogP contribution in [0.1, 0.15) is 57.6 Å². The van der Waals surface area contributed by atoms with Gasteiger partial charge >= 0.3 is 18.1 Å². The van der Waals surface area contributed by atoms with Crippen LogP contribution in [0.5, 0.6) is 11.5 Å². The van der Waals surface area contributed by atoms with E-state index in [4.69, 9.17) is 53.2 Å². The van der Waals surface area contributed by atoms with E-state index in [1.54, 1.807) is 24.4 Å². The van der Waals surface area contributed by atoms with Crippen molar-refractivity contribution in [2.24, 2.45) is 0 Å². The van der Waals surface area contributed by atoms with E-state index in [0.717, 1.165) is 37.3 Å². The third-order valence-corrected chi connectivity index (χ3v) is 8.89. The molecule has 2 aliphatic rings. The first-order valence-corrected chi connectivity index (χ1v) is 17.1. The van der Waals surface area contributed by atoms with E-state index in [2.05, 4.69) is 15.6 Å². The van der Waals surface area contributed by atoms with Gasteiger partial charge in [-0.15, -0.1) is 0 Å². The van der Waals surface area contributed by atoms with E-state index in [1.165, 1.54) is 29.1 Å². The van der Waals surface area contributed by atoms with Gasteiger partial charge in [-0.05, 0) is 57.4 Å². The number of hydrogen-bond acceptors (Lipinski definition) is 10. The number of halogens is 2. The predicted molar refractivity (Wildman–Crippen MR) is 195 cm³/mol. The summed E-state index contributed by atoms with van der Waals surface area (Å²) in [5.74, 6) is -0.158. The van der Waals surface area contributed by atoms with Crippen LogP contribution < -0.4 is 35.6 Å². The van der Waals surface area contributed by atoms with Crippen LogP contribution in [0.25, 0.3) is 0 Å². The highest BCUT2D eigenvalue weighted by molar-refractivity contribution is 6.42. The zero-order valence-corrected chi connectivity index (χ0v) is 30.3. The number of nitrogens with one attached hydrogen (secondary N) is 2. The summed E-state index contributed by atoms with van der Waals surface area (Å²) in [5.41, 5.74) is 7.45. The first-order valence-electron chi connectivity index (χ1n) is 16.4. The van der Waals surface area contributed by atoms with Gasteiger partial charge in [0.25, 0.3) is 0 Å². The van der Waals surface area contributed by atoms with Gasteiger partial charge in [0.05, 0.1) is 31.9 Å². The molecular formula is C35H41Cl2N7O7. The van der Waals surface area contributed by atoms with Gasteiger partial charge in [-0.25, -0.2) is 19.4 Å². The molecule has 0 spiro atoms. The van der Waals surface area contributed by atoms with Crippen molar-refractivity contribution >= 4 is 64.4 Å². The molecule has 3 amide bonds. The van der Waals surface area contributed by atoms with Crippen molar-refractivity contribution in [3.63, 3.8) is 0 Å². The number of methoxy groups -OCH3 is 1. The molecule has 5 N–H and O–H groups in total. The number of ether oxygens (including phenoxy) is 3. The molecular weight excluding hydrogens is 701 g/mol. The summed E-state index contributed by atoms with van der Waals surface area (Å²) in [6.07, 6.45) is 6.80. The number of carbonyl (C=O) groups is 3. The minimum absolute atomic E-state index is 0.000900. The highest BCUT2D eigenvalue weighted by atomic mass is 35.5. The van der Waals surface area contributed by atoms with Gasteiger partial charge < -0.3 is 35.7 Å². The minimum atomic E-state index is -1.13. The lowest BCUT2D eigenvalue weighted by Gasteiger charge is -2.37. The number of nitrogens with two attached hydrogens (primary N) is 1. The van der Waals surface area contributed by atoms with Crippen LogP contribution in [0.4, 0.5) is 32.7 Å². The van der Waals surface area contributed by atoms with E-state index in [9.17, 15) is 14.4 Å². The fourth-order valence-corrected chi connectivity index (χ4v) is 6.61. The van der Waals surface area contributed by atoms with Gasteiger partial charge in [-0.3, -0.25) is 9.80 Å². The Morgan fingerprint density at radius 2 is 1.84 bits per heavy atom. The van der Waals surface area contributed by atoms with Crippen LogP contribution in [-0.2, 0) is 22.6 Å². The van der Waals surface area contributed by atoms with Gasteiger partial charge in [-0.2, -0.15) is 4.98 Å². The van der Waals surface area contributed by atoms with Crippen molar-refractivity contribution in [2.45, 2.75) is 77.2 Å². The maximum atomic E-state index is 14.5. The number of benzene rings is 2. The van der Waals surface area contributed by atoms with Gasteiger partial charge in [0, 0.05) is 35.6 Å². The Labute approximate surface area is 305 Å². The average Bonchev–Trinajstić information content (AvgIpc) is 3.06. The van der Waals surface area contributed by atoms with Crippen molar-refractivity contribution < 1.29 is 33.7 Å². The molecule has 1 fully saturated rings. The Hall–Kier alpha value is -4.95. The lowest BCUT2D eigenvalue weighted by molar-refractivity contribution is -0.131. The largest absolute Gasteiger partial charge is 0.495 e. The number of amides is 3. The van der Waals surface area contributed by atoms with Crippen molar-refractivity contribution in [1.29, 1.82) is 0 Å². The van der Waals surface area contributed by atoms with Gasteiger partial charge in [-0.1, -0.05) is 48.2 Å². The van der Waals surface area contributed by atoms with Crippen LogP contribution in [0, 0.1) is 0 Å². The summed E-state index contributed by atoms with van der Waals surface area (Å²) < 4.78 is 16.7. The topological polar surface area (TPSA) is 181 Å². The van der Waals surface area contributed by atoms with Gasteiger partial charge in [0.2, 0.25) is 5.95 Å². The summed E-state index contributed by atoms with van der Waals surface area (Å²) >= 11 is 13.6. The number of hydrogen-bond donors (Lipinski definition) is 4. The molecule has 1 aliphatic heterocycles. The lowest BCUT2D eigenvalue weighted by Crippen LogP contribution is -2.50. The maximum Gasteiger partial charge on any atom is 0.407 e. The number of carboxylic acids is 1. The lowest BCUT2D eigenvalue weighted by atomic mass is 9.90. The van der Waals surface area contributed by atoms with Gasteiger partial charge in [0.1, 0.15) is 39.6 Å². The number of anilines is 4. The van der Waals surface area contributed by atoms with Crippen LogP contribution in [0.2, 0.25) is 10.0 Å². The summed E-state index contributed by atoms with van der Waals surface area (Å²) in [4.78, 5) is 50.4. The molecule has 3 aromatic rings. The minimum Gasteiger partial charge on any atom is -0.495 e. The smallest absolute Gasteiger partial charge is 0.407 e. The Kier molecular flexibility index (Phi) is 11.7. The second-order valence-electron chi connectivity index (χ2n) is 13.1. The van der Waals surface area contributed by atoms with Crippen molar-refractivity contribution in [1.82, 2.24) is 15.3 Å². The van der Waals surface area contributed by atoms with E-state index in [-0.39, 0.29) is 65.0 Å². The number of carbonyl (C=O) groups excluding carboxylic acids is 2. The number of urea groups is 1. The monoisotopic (exact) mass is 741 g/mol. The second kappa shape index (κ2) is 15.9. The van der Waals surface area contributed by atoms with Gasteiger partial charge in [0.15, 0.2) is 0 Å². The second-order valence-corrected chi connectivity index (χ2v) is 13.9. The molecule has 1 aliphatic carbocycles. The third-order valence-electron chi connectivity index (χ3n) is 8.16. The molecule has 5 rings (SSSR count). The standard InChI is InChI=1S/C35H41Cl2N7O7/c1-35(2,3)51-33(47)41-24-12-6-5-11-23(24)40-32-39-17-21-19-43(34(48)44(31(21)42-32)18-20-9-7-10-22(38)15-20)30-28(36)25(49-4)16-26(29(30)37)50-14-8-13-27(45)46/h7-10,13,15-17,23-24H,5-6,11-12,14,18-19,38H2,1-4H3,(H,41,47)(H,45,46)(H,39,40,42)/b13-8+. The zero-order valence-electron chi connectivity index (χ0n) is 28.7. The molecule has 0 radical (unpaired) electrons. The molecule has 1 aromatic heterocycles. The molecule has 16 heteroatoms. The Bertz CT molecular complexity index is 1820. The predicted octanol–water partition coefficient (Wildman–Crippen LogP) is 6.79. The van der Waals surface area contributed by atoms with Crippen LogP contribution >= 0.6 is 23.2 Å². The summed E-state index contributed by atoms with van der Waals surface area (Å²) in [7, 11) is 1.41. The summed E-state index contributed by atoms with van der Waals surface area (Å²) in [5, 5.41) is 15.4. The molecule has 2 aromatic carbocycles. The number of nitrogen functional groups attached to an aromatic ring is 1. The van der Waals surface area contributed by atoms with E-state index < -0.39 is 23.7 Å². The van der Waals surface area contributed by atoms with E-state index in [1.807, 2.05) is 26.8 Å². The van der Waals surface area contributed by atoms with E-state index in [0.29, 0.717) is 17.1 Å². The molecule has 272 valence electrons. The SMILES string of the molecule is COc1cc(OC/C=C/C(=O)O)c(Cl)c(N2Cc3cnc(NC4CCCCC4NC(=O)OC(C)(C)C)nc3N(Cc3cccc(N)c3)C2=O)c1Cl. The van der Waals surface area contributed by atoms with Crippen LogP contribution in [-0.4, -0.2) is 64.6 Å².